The summed E-state index contributed by atoms with van der Waals surface area (Å²) in [4.78, 5) is 0. The summed E-state index contributed by atoms with van der Waals surface area (Å²) in [6, 6.07) is 4.05. The summed E-state index contributed by atoms with van der Waals surface area (Å²) in [7, 11) is 0. The second kappa shape index (κ2) is 6.55. The molecule has 1 heterocycles. The lowest BCUT2D eigenvalue weighted by atomic mass is 9.89. The van der Waals surface area contributed by atoms with E-state index < -0.39 is 0 Å². The van der Waals surface area contributed by atoms with Gasteiger partial charge in [0.05, 0.1) is 6.61 Å². The highest BCUT2D eigenvalue weighted by Gasteiger charge is 2.20. The molecule has 1 aliphatic heterocycles. The quantitative estimate of drug-likeness (QED) is 0.843. The van der Waals surface area contributed by atoms with E-state index in [2.05, 4.69) is 5.32 Å². The van der Waals surface area contributed by atoms with Crippen molar-refractivity contribution in [1.29, 1.82) is 0 Å². The van der Waals surface area contributed by atoms with E-state index >= 15 is 0 Å². The highest BCUT2D eigenvalue weighted by molar-refractivity contribution is 6.30. The average Bonchev–Trinajstić information content (AvgIpc) is 2.89. The van der Waals surface area contributed by atoms with Gasteiger partial charge >= 0.3 is 0 Å². The molecule has 1 aliphatic carbocycles. The van der Waals surface area contributed by atoms with Crippen LogP contribution in [0.4, 0.5) is 0 Å². The number of ether oxygens (including phenoxy) is 1. The maximum absolute atomic E-state index is 6.17. The van der Waals surface area contributed by atoms with E-state index in [1.165, 1.54) is 24.0 Å². The van der Waals surface area contributed by atoms with Gasteiger partial charge < -0.3 is 10.1 Å². The van der Waals surface area contributed by atoms with Crippen molar-refractivity contribution >= 4 is 23.2 Å². The minimum atomic E-state index is 0.399. The van der Waals surface area contributed by atoms with Gasteiger partial charge in [-0.3, -0.25) is 0 Å². The first kappa shape index (κ1) is 14.5. The number of halogens is 2. The number of hydrogen-bond acceptors (Lipinski definition) is 2. The van der Waals surface area contributed by atoms with Gasteiger partial charge in [0.15, 0.2) is 0 Å². The summed E-state index contributed by atoms with van der Waals surface area (Å²) in [5.41, 5.74) is 2.44. The maximum atomic E-state index is 6.17. The van der Waals surface area contributed by atoms with Gasteiger partial charge in [-0.2, -0.15) is 0 Å². The molecule has 110 valence electrons. The van der Waals surface area contributed by atoms with Crippen molar-refractivity contribution in [3.63, 3.8) is 0 Å². The van der Waals surface area contributed by atoms with Crippen molar-refractivity contribution in [2.75, 3.05) is 13.2 Å². The smallest absolute Gasteiger partial charge is 0.127 e. The molecule has 0 radical (unpaired) electrons. The largest absolute Gasteiger partial charge is 0.493 e. The fourth-order valence-electron chi connectivity index (χ4n) is 3.21. The van der Waals surface area contributed by atoms with Crippen LogP contribution in [0, 0.1) is 5.92 Å². The number of nitrogens with one attached hydrogen (secondary N) is 1. The number of fused-ring (bicyclic) bond motifs is 1. The lowest BCUT2D eigenvalue weighted by Gasteiger charge is -2.25. The molecule has 0 saturated heterocycles. The van der Waals surface area contributed by atoms with Crippen LogP contribution in [0.3, 0.4) is 0 Å². The van der Waals surface area contributed by atoms with Gasteiger partial charge in [0.1, 0.15) is 5.75 Å². The first-order valence-electron chi connectivity index (χ1n) is 7.51. The van der Waals surface area contributed by atoms with Crippen LogP contribution >= 0.6 is 23.2 Å². The Morgan fingerprint density at radius 1 is 1.20 bits per heavy atom. The molecule has 20 heavy (non-hydrogen) atoms. The van der Waals surface area contributed by atoms with Crippen LogP contribution in [-0.2, 0) is 13.0 Å². The van der Waals surface area contributed by atoms with Gasteiger partial charge in [0.25, 0.3) is 0 Å². The molecule has 3 rings (SSSR count). The molecule has 0 aromatic heterocycles. The summed E-state index contributed by atoms with van der Waals surface area (Å²) in [5, 5.41) is 4.77. The second-order valence-corrected chi connectivity index (χ2v) is 6.95. The molecule has 0 atom stereocenters. The SMILES string of the molecule is Clc1cc2c(c(CNCC3CCC(Cl)CC3)c1)OCC2. The van der Waals surface area contributed by atoms with E-state index in [0.717, 1.165) is 55.6 Å². The van der Waals surface area contributed by atoms with Crippen LogP contribution in [0.2, 0.25) is 5.02 Å². The fraction of sp³-hybridized carbons (Fsp3) is 0.625. The number of rotatable bonds is 4. The van der Waals surface area contributed by atoms with E-state index in [1.54, 1.807) is 0 Å². The standard InChI is InChI=1S/C16H21Cl2NO/c17-14-3-1-11(2-4-14)9-19-10-13-8-15(18)7-12-5-6-20-16(12)13/h7-8,11,14,19H,1-6,9-10H2. The zero-order valence-corrected chi connectivity index (χ0v) is 13.1. The highest BCUT2D eigenvalue weighted by Crippen LogP contribution is 2.33. The Morgan fingerprint density at radius 2 is 2.00 bits per heavy atom. The van der Waals surface area contributed by atoms with Crippen LogP contribution in [0.1, 0.15) is 36.8 Å². The van der Waals surface area contributed by atoms with Crippen LogP contribution in [-0.4, -0.2) is 18.5 Å². The fourth-order valence-corrected chi connectivity index (χ4v) is 3.73. The summed E-state index contributed by atoms with van der Waals surface area (Å²) in [6.07, 6.45) is 5.77. The van der Waals surface area contributed by atoms with Crippen LogP contribution in [0.25, 0.3) is 0 Å². The Kier molecular flexibility index (Phi) is 4.75. The van der Waals surface area contributed by atoms with Gasteiger partial charge in [0.2, 0.25) is 0 Å². The molecule has 0 amide bonds. The molecule has 1 aromatic carbocycles. The number of alkyl halides is 1. The summed E-state index contributed by atoms with van der Waals surface area (Å²) >= 11 is 12.3. The zero-order valence-electron chi connectivity index (χ0n) is 11.6. The van der Waals surface area contributed by atoms with Crippen molar-refractivity contribution in [2.24, 2.45) is 5.92 Å². The molecule has 4 heteroatoms. The third-order valence-electron chi connectivity index (χ3n) is 4.35. The number of benzene rings is 1. The molecule has 1 fully saturated rings. The number of hydrogen-bond donors (Lipinski definition) is 1. The predicted octanol–water partition coefficient (Wildman–Crippen LogP) is 4.16. The molecule has 1 saturated carbocycles. The Morgan fingerprint density at radius 3 is 2.80 bits per heavy atom. The van der Waals surface area contributed by atoms with Crippen molar-refractivity contribution in [3.8, 4) is 5.75 Å². The first-order chi connectivity index (χ1) is 9.72. The lowest BCUT2D eigenvalue weighted by Crippen LogP contribution is -2.26. The van der Waals surface area contributed by atoms with Crippen LogP contribution < -0.4 is 10.1 Å². The Labute approximate surface area is 130 Å². The normalized spacial score (nSPS) is 25.3. The Balaban J connectivity index is 1.54. The van der Waals surface area contributed by atoms with Gasteiger partial charge in [-0.15, -0.1) is 11.6 Å². The van der Waals surface area contributed by atoms with E-state index in [0.29, 0.717) is 5.38 Å². The third kappa shape index (κ3) is 3.41. The summed E-state index contributed by atoms with van der Waals surface area (Å²) in [5.74, 6) is 1.81. The molecule has 2 nitrogen and oxygen atoms in total. The third-order valence-corrected chi connectivity index (χ3v) is 5.00. The minimum absolute atomic E-state index is 0.399. The van der Waals surface area contributed by atoms with Gasteiger partial charge in [-0.1, -0.05) is 11.6 Å². The Bertz CT molecular complexity index is 470. The van der Waals surface area contributed by atoms with Crippen LogP contribution in [0.5, 0.6) is 5.75 Å². The van der Waals surface area contributed by atoms with Crippen LogP contribution in [0.15, 0.2) is 12.1 Å². The monoisotopic (exact) mass is 313 g/mol. The van der Waals surface area contributed by atoms with Crippen molar-refractivity contribution in [3.05, 3.63) is 28.3 Å². The van der Waals surface area contributed by atoms with Gasteiger partial charge in [-0.25, -0.2) is 0 Å². The zero-order chi connectivity index (χ0) is 13.9. The Hall–Kier alpha value is -0.440. The van der Waals surface area contributed by atoms with Gasteiger partial charge in [-0.05, 0) is 55.8 Å². The molecular formula is C16H21Cl2NO. The van der Waals surface area contributed by atoms with Gasteiger partial charge in [0, 0.05) is 28.9 Å². The average molecular weight is 314 g/mol. The molecule has 0 unspecified atom stereocenters. The molecule has 1 aromatic rings. The topological polar surface area (TPSA) is 21.3 Å². The maximum Gasteiger partial charge on any atom is 0.127 e. The van der Waals surface area contributed by atoms with E-state index in [9.17, 15) is 0 Å². The second-order valence-electron chi connectivity index (χ2n) is 5.90. The molecule has 0 spiro atoms. The van der Waals surface area contributed by atoms with E-state index in [1.807, 2.05) is 12.1 Å². The summed E-state index contributed by atoms with van der Waals surface area (Å²) in [6.45, 7) is 2.68. The molecule has 0 bridgehead atoms. The molecule has 2 aliphatic rings. The lowest BCUT2D eigenvalue weighted by molar-refractivity contribution is 0.339. The van der Waals surface area contributed by atoms with E-state index in [-0.39, 0.29) is 0 Å². The first-order valence-corrected chi connectivity index (χ1v) is 8.32. The van der Waals surface area contributed by atoms with Crippen molar-refractivity contribution in [1.82, 2.24) is 5.32 Å². The van der Waals surface area contributed by atoms with E-state index in [4.69, 9.17) is 27.9 Å². The van der Waals surface area contributed by atoms with Crippen molar-refractivity contribution < 1.29 is 4.74 Å². The predicted molar refractivity (Wildman–Crippen MR) is 84.0 cm³/mol. The summed E-state index contributed by atoms with van der Waals surface area (Å²) < 4.78 is 5.73. The van der Waals surface area contributed by atoms with Crippen molar-refractivity contribution in [2.45, 2.75) is 44.0 Å². The highest BCUT2D eigenvalue weighted by atomic mass is 35.5. The molecular weight excluding hydrogens is 293 g/mol. The minimum Gasteiger partial charge on any atom is -0.493 e. The molecule has 1 N–H and O–H groups in total.